The number of rotatable bonds is 2. The quantitative estimate of drug-likeness (QED) is 0.246. The van der Waals surface area contributed by atoms with E-state index in [0.717, 1.165) is 18.3 Å². The molecule has 4 aromatic carbocycles. The van der Waals surface area contributed by atoms with Gasteiger partial charge in [0, 0.05) is 18.4 Å². The fraction of sp³-hybridized carbons (Fsp3) is 0.243. The molecule has 0 aliphatic heterocycles. The summed E-state index contributed by atoms with van der Waals surface area (Å²) >= 11 is 0. The summed E-state index contributed by atoms with van der Waals surface area (Å²) in [4.78, 5) is 2.17. The van der Waals surface area contributed by atoms with E-state index < -0.39 is 0 Å². The molecule has 0 bridgehead atoms. The number of fused-ring (bicyclic) bond motifs is 1. The number of para-hydroxylation sites is 2. The van der Waals surface area contributed by atoms with Crippen LogP contribution in [0, 0.1) is 25.7 Å². The largest absolute Gasteiger partial charge is 0.345 e. The standard InChI is InChI=1S/C13H13N.C8H10.2C7H8.C2H6/c1-14(12-8-4-2-5-9-12)13-10-6-3-7-11-13;1-2-4-7-6-8(7)5-3-1;2*1-7-5-3-2-4-6-7;1-2/h2-11H,1H3;2-5,7-8H,1,6H2;2*2-6H,1H3;1-2H3. The fourth-order valence-electron chi connectivity index (χ4n) is 3.78. The lowest BCUT2D eigenvalue weighted by molar-refractivity contribution is 1.00. The first-order valence-electron chi connectivity index (χ1n) is 13.8. The molecule has 2 aliphatic carbocycles. The zero-order valence-electron chi connectivity index (χ0n) is 23.9. The van der Waals surface area contributed by atoms with Gasteiger partial charge >= 0.3 is 0 Å². The summed E-state index contributed by atoms with van der Waals surface area (Å²) < 4.78 is 0. The third-order valence-electron chi connectivity index (χ3n) is 6.10. The van der Waals surface area contributed by atoms with Crippen molar-refractivity contribution in [1.29, 1.82) is 0 Å². The molecule has 38 heavy (non-hydrogen) atoms. The van der Waals surface area contributed by atoms with Crippen LogP contribution < -0.4 is 4.90 Å². The van der Waals surface area contributed by atoms with E-state index in [9.17, 15) is 0 Å². The highest BCUT2D eigenvalue weighted by Crippen LogP contribution is 2.41. The molecular formula is C37H45N. The number of hydrogen-bond acceptors (Lipinski definition) is 1. The molecule has 0 N–H and O–H groups in total. The number of anilines is 2. The number of aryl methyl sites for hydroxylation is 2. The van der Waals surface area contributed by atoms with Crippen LogP contribution in [-0.2, 0) is 0 Å². The van der Waals surface area contributed by atoms with Crippen molar-refractivity contribution < 1.29 is 0 Å². The molecule has 1 fully saturated rings. The van der Waals surface area contributed by atoms with Crippen LogP contribution in [0.4, 0.5) is 11.4 Å². The second-order valence-electron chi connectivity index (χ2n) is 9.19. The Hall–Kier alpha value is -3.84. The van der Waals surface area contributed by atoms with Crippen molar-refractivity contribution in [3.8, 4) is 0 Å². The maximum Gasteiger partial charge on any atom is 0.0408 e. The minimum absolute atomic E-state index is 0.925. The molecule has 0 amide bonds. The summed E-state index contributed by atoms with van der Waals surface area (Å²) in [6.07, 6.45) is 11.8. The van der Waals surface area contributed by atoms with Gasteiger partial charge in [0.25, 0.3) is 0 Å². The first kappa shape index (κ1) is 30.4. The lowest BCUT2D eigenvalue weighted by Crippen LogP contribution is -2.08. The van der Waals surface area contributed by atoms with E-state index in [1.807, 2.05) is 62.4 Å². The molecule has 2 atom stereocenters. The first-order chi connectivity index (χ1) is 18.6. The molecule has 0 radical (unpaired) electrons. The smallest absolute Gasteiger partial charge is 0.0408 e. The van der Waals surface area contributed by atoms with E-state index in [2.05, 4.69) is 123 Å². The van der Waals surface area contributed by atoms with Crippen LogP contribution in [-0.4, -0.2) is 7.05 Å². The molecule has 198 valence electrons. The highest BCUT2D eigenvalue weighted by atomic mass is 15.1. The molecule has 2 aliphatic rings. The Morgan fingerprint density at radius 2 is 0.816 bits per heavy atom. The topological polar surface area (TPSA) is 3.24 Å². The van der Waals surface area contributed by atoms with Gasteiger partial charge in [-0.3, -0.25) is 0 Å². The first-order valence-corrected chi connectivity index (χ1v) is 13.8. The molecule has 0 heterocycles. The van der Waals surface area contributed by atoms with Crippen molar-refractivity contribution in [1.82, 2.24) is 0 Å². The third-order valence-corrected chi connectivity index (χ3v) is 6.10. The molecule has 6 rings (SSSR count). The summed E-state index contributed by atoms with van der Waals surface area (Å²) in [6, 6.07) is 41.2. The van der Waals surface area contributed by atoms with Crippen molar-refractivity contribution >= 4 is 11.4 Å². The Morgan fingerprint density at radius 1 is 0.500 bits per heavy atom. The summed E-state index contributed by atoms with van der Waals surface area (Å²) in [7, 11) is 2.07. The van der Waals surface area contributed by atoms with Crippen molar-refractivity contribution in [2.24, 2.45) is 11.8 Å². The average molecular weight is 504 g/mol. The minimum atomic E-state index is 0.925. The van der Waals surface area contributed by atoms with Gasteiger partial charge in [0.1, 0.15) is 0 Å². The summed E-state index contributed by atoms with van der Waals surface area (Å²) in [6.45, 7) is 8.17. The lowest BCUT2D eigenvalue weighted by atomic mass is 10.2. The van der Waals surface area contributed by atoms with Crippen molar-refractivity contribution in [3.05, 3.63) is 157 Å². The molecule has 1 nitrogen and oxygen atoms in total. The van der Waals surface area contributed by atoms with Gasteiger partial charge in [-0.15, -0.1) is 0 Å². The monoisotopic (exact) mass is 503 g/mol. The molecule has 0 aromatic heterocycles. The van der Waals surface area contributed by atoms with Gasteiger partial charge in [0.2, 0.25) is 0 Å². The Kier molecular flexibility index (Phi) is 14.7. The third kappa shape index (κ3) is 12.4. The van der Waals surface area contributed by atoms with Crippen LogP contribution >= 0.6 is 0 Å². The SMILES string of the molecule is C1=CC2CC2C=CC1.CC.CN(c1ccccc1)c1ccccc1.Cc1ccccc1.Cc1ccccc1. The zero-order valence-corrected chi connectivity index (χ0v) is 23.9. The van der Waals surface area contributed by atoms with Crippen molar-refractivity contribution in [2.45, 2.75) is 40.5 Å². The van der Waals surface area contributed by atoms with Gasteiger partial charge in [-0.2, -0.15) is 0 Å². The second kappa shape index (κ2) is 18.4. The highest BCUT2D eigenvalue weighted by Gasteiger charge is 2.32. The predicted octanol–water partition coefficient (Wildman–Crippen LogP) is 10.6. The van der Waals surface area contributed by atoms with Crippen LogP contribution in [0.5, 0.6) is 0 Å². The fourth-order valence-corrected chi connectivity index (χ4v) is 3.78. The van der Waals surface area contributed by atoms with Gasteiger partial charge in [-0.1, -0.05) is 146 Å². The Bertz CT molecular complexity index is 1060. The predicted molar refractivity (Wildman–Crippen MR) is 169 cm³/mol. The number of allylic oxidation sites excluding steroid dienone is 4. The van der Waals surface area contributed by atoms with E-state index >= 15 is 0 Å². The molecule has 1 saturated carbocycles. The normalized spacial score (nSPS) is 15.6. The summed E-state index contributed by atoms with van der Waals surface area (Å²) in [5, 5.41) is 0. The van der Waals surface area contributed by atoms with Crippen LogP contribution in [0.2, 0.25) is 0 Å². The van der Waals surface area contributed by atoms with Gasteiger partial charge in [0.05, 0.1) is 0 Å². The van der Waals surface area contributed by atoms with Crippen LogP contribution in [0.3, 0.4) is 0 Å². The minimum Gasteiger partial charge on any atom is -0.345 e. The van der Waals surface area contributed by atoms with E-state index in [1.54, 1.807) is 0 Å². The van der Waals surface area contributed by atoms with Crippen LogP contribution in [0.25, 0.3) is 0 Å². The van der Waals surface area contributed by atoms with Crippen LogP contribution in [0.1, 0.15) is 37.8 Å². The number of nitrogens with zero attached hydrogens (tertiary/aromatic N) is 1. The van der Waals surface area contributed by atoms with Gasteiger partial charge < -0.3 is 4.90 Å². The molecule has 1 heteroatoms. The van der Waals surface area contributed by atoms with E-state index in [0.29, 0.717) is 0 Å². The van der Waals surface area contributed by atoms with Gasteiger partial charge in [0.15, 0.2) is 0 Å². The van der Waals surface area contributed by atoms with Crippen LogP contribution in [0.15, 0.2) is 146 Å². The van der Waals surface area contributed by atoms with E-state index in [4.69, 9.17) is 0 Å². The van der Waals surface area contributed by atoms with Crippen molar-refractivity contribution in [3.63, 3.8) is 0 Å². The molecular weight excluding hydrogens is 458 g/mol. The number of hydrogen-bond donors (Lipinski definition) is 0. The zero-order chi connectivity index (χ0) is 27.4. The van der Waals surface area contributed by atoms with Gasteiger partial charge in [-0.05, 0) is 62.8 Å². The summed E-state index contributed by atoms with van der Waals surface area (Å²) in [5.74, 6) is 1.85. The second-order valence-corrected chi connectivity index (χ2v) is 9.19. The maximum atomic E-state index is 2.35. The van der Waals surface area contributed by atoms with E-state index in [-0.39, 0.29) is 0 Å². The molecule has 0 saturated heterocycles. The van der Waals surface area contributed by atoms with E-state index in [1.165, 1.54) is 28.9 Å². The highest BCUT2D eigenvalue weighted by molar-refractivity contribution is 5.61. The molecule has 4 aromatic rings. The summed E-state index contributed by atoms with van der Waals surface area (Å²) in [5.41, 5.74) is 5.06. The van der Waals surface area contributed by atoms with Crippen molar-refractivity contribution in [2.75, 3.05) is 11.9 Å². The number of benzene rings is 4. The Labute approximate surface area is 232 Å². The maximum absolute atomic E-state index is 2.35. The Balaban J connectivity index is 0.000000183. The van der Waals surface area contributed by atoms with Gasteiger partial charge in [-0.25, -0.2) is 0 Å². The molecule has 2 unspecified atom stereocenters. The average Bonchev–Trinajstić information content (AvgIpc) is 3.77. The lowest BCUT2D eigenvalue weighted by Gasteiger charge is -2.18. The Morgan fingerprint density at radius 3 is 1.11 bits per heavy atom. The molecule has 0 spiro atoms.